The molecule has 0 heterocycles. The quantitative estimate of drug-likeness (QED) is 0.144. The second-order valence-electron chi connectivity index (χ2n) is 9.94. The molecule has 192 valence electrons. The average molecular weight is 512 g/mol. The lowest BCUT2D eigenvalue weighted by Crippen LogP contribution is -2.27. The molecule has 0 radical (unpaired) electrons. The van der Waals surface area contributed by atoms with Gasteiger partial charge in [-0.2, -0.15) is 0 Å². The van der Waals surface area contributed by atoms with Crippen molar-refractivity contribution in [3.8, 4) is 0 Å². The zero-order valence-electron chi connectivity index (χ0n) is 22.5. The Bertz CT molecular complexity index is 1100. The fourth-order valence-corrected chi connectivity index (χ4v) is 7.13. The molecule has 0 saturated heterocycles. The third-order valence-electron chi connectivity index (χ3n) is 7.00. The Labute approximate surface area is 223 Å². The SMILES string of the molecule is Cc1ccccc1NC[P+](CNc1ccccc1C)(CNc1ccccc1C)CNc1ccccc1C. The van der Waals surface area contributed by atoms with Gasteiger partial charge in [0.05, 0.1) is 7.26 Å². The summed E-state index contributed by atoms with van der Waals surface area (Å²) in [5.74, 6) is 0. The van der Waals surface area contributed by atoms with Crippen LogP contribution >= 0.6 is 7.26 Å². The van der Waals surface area contributed by atoms with Gasteiger partial charge in [-0.1, -0.05) is 72.8 Å². The number of aryl methyl sites for hydroxylation is 4. The fraction of sp³-hybridized carbons (Fsp3) is 0.250. The summed E-state index contributed by atoms with van der Waals surface area (Å²) in [6.07, 6.45) is 3.64. The molecule has 0 aliphatic heterocycles. The van der Waals surface area contributed by atoms with E-state index in [-0.39, 0.29) is 0 Å². The molecule has 0 saturated carbocycles. The van der Waals surface area contributed by atoms with Crippen LogP contribution in [0.4, 0.5) is 22.7 Å². The molecule has 0 unspecified atom stereocenters. The van der Waals surface area contributed by atoms with E-state index in [1.165, 1.54) is 45.0 Å². The highest BCUT2D eigenvalue weighted by atomic mass is 31.2. The van der Waals surface area contributed by atoms with Gasteiger partial charge in [0, 0.05) is 22.7 Å². The smallest absolute Gasteiger partial charge is 0.133 e. The van der Waals surface area contributed by atoms with Gasteiger partial charge in [0.25, 0.3) is 0 Å². The van der Waals surface area contributed by atoms with Crippen LogP contribution in [-0.2, 0) is 0 Å². The highest BCUT2D eigenvalue weighted by Gasteiger charge is 2.38. The van der Waals surface area contributed by atoms with Gasteiger partial charge in [0.2, 0.25) is 0 Å². The normalized spacial score (nSPS) is 11.1. The highest BCUT2D eigenvalue weighted by molar-refractivity contribution is 7.76. The van der Waals surface area contributed by atoms with Crippen molar-refractivity contribution in [3.05, 3.63) is 119 Å². The van der Waals surface area contributed by atoms with E-state index < -0.39 is 7.26 Å². The molecule has 4 rings (SSSR count). The summed E-state index contributed by atoms with van der Waals surface area (Å²) in [6.45, 7) is 8.69. The van der Waals surface area contributed by atoms with E-state index in [4.69, 9.17) is 0 Å². The van der Waals surface area contributed by atoms with Crippen LogP contribution in [0.1, 0.15) is 22.3 Å². The van der Waals surface area contributed by atoms with Gasteiger partial charge in [-0.25, -0.2) is 0 Å². The van der Waals surface area contributed by atoms with Gasteiger partial charge in [0.15, 0.2) is 0 Å². The van der Waals surface area contributed by atoms with Crippen LogP contribution in [0.25, 0.3) is 0 Å². The predicted molar refractivity (Wildman–Crippen MR) is 166 cm³/mol. The molecule has 0 aliphatic carbocycles. The zero-order chi connectivity index (χ0) is 26.1. The van der Waals surface area contributed by atoms with E-state index in [1.807, 2.05) is 0 Å². The number of para-hydroxylation sites is 4. The molecule has 0 spiro atoms. The van der Waals surface area contributed by atoms with Crippen LogP contribution in [0, 0.1) is 27.7 Å². The monoisotopic (exact) mass is 511 g/mol. The molecule has 0 amide bonds. The van der Waals surface area contributed by atoms with Crippen molar-refractivity contribution in [1.82, 2.24) is 0 Å². The number of benzene rings is 4. The summed E-state index contributed by atoms with van der Waals surface area (Å²) in [5, 5.41) is 15.3. The maximum atomic E-state index is 3.84. The second kappa shape index (κ2) is 12.7. The lowest BCUT2D eigenvalue weighted by molar-refractivity contribution is 1.23. The molecule has 4 nitrogen and oxygen atoms in total. The first kappa shape index (κ1) is 26.6. The largest absolute Gasteiger partial charge is 0.353 e. The van der Waals surface area contributed by atoms with Crippen molar-refractivity contribution in [2.45, 2.75) is 27.7 Å². The van der Waals surface area contributed by atoms with E-state index in [9.17, 15) is 0 Å². The Morgan fingerprint density at radius 2 is 0.595 bits per heavy atom. The van der Waals surface area contributed by atoms with Crippen LogP contribution < -0.4 is 21.3 Å². The summed E-state index contributed by atoms with van der Waals surface area (Å²) in [7, 11) is -1.68. The van der Waals surface area contributed by atoms with E-state index in [1.54, 1.807) is 0 Å². The van der Waals surface area contributed by atoms with E-state index in [0.717, 1.165) is 25.1 Å². The van der Waals surface area contributed by atoms with Crippen molar-refractivity contribution >= 4 is 30.0 Å². The molecular formula is C32H40N4P+. The first-order chi connectivity index (χ1) is 18.0. The summed E-state index contributed by atoms with van der Waals surface area (Å²) in [6, 6.07) is 34.3. The molecule has 0 aromatic heterocycles. The molecule has 4 aromatic carbocycles. The summed E-state index contributed by atoms with van der Waals surface area (Å²) >= 11 is 0. The molecule has 0 aliphatic rings. The molecular weight excluding hydrogens is 471 g/mol. The van der Waals surface area contributed by atoms with Crippen LogP contribution in [0.3, 0.4) is 0 Å². The standard InChI is InChI=1S/C32H40N4P/c1-25-13-5-9-17-29(25)33-21-37(22-34-30-18-10-6-14-26(30)2,23-35-31-19-11-7-15-27(31)3)24-36-32-20-12-8-16-28(32)4/h5-20,33-36H,21-24H2,1-4H3/q+1. The van der Waals surface area contributed by atoms with Crippen molar-refractivity contribution < 1.29 is 0 Å². The predicted octanol–water partition coefficient (Wildman–Crippen LogP) is 8.52. The van der Waals surface area contributed by atoms with Gasteiger partial charge < -0.3 is 21.3 Å². The van der Waals surface area contributed by atoms with Crippen LogP contribution in [0.2, 0.25) is 0 Å². The number of nitrogens with one attached hydrogen (secondary N) is 4. The first-order valence-corrected chi connectivity index (χ1v) is 15.5. The first-order valence-electron chi connectivity index (χ1n) is 13.0. The maximum Gasteiger partial charge on any atom is 0.133 e. The summed E-state index contributed by atoms with van der Waals surface area (Å²) in [4.78, 5) is 0. The fourth-order valence-electron chi connectivity index (χ4n) is 4.43. The Morgan fingerprint density at radius 1 is 0.378 bits per heavy atom. The molecule has 0 bridgehead atoms. The molecule has 0 fully saturated rings. The van der Waals surface area contributed by atoms with Gasteiger partial charge >= 0.3 is 0 Å². The third kappa shape index (κ3) is 7.27. The Balaban J connectivity index is 1.64. The maximum absolute atomic E-state index is 3.84. The number of anilines is 4. The summed E-state index contributed by atoms with van der Waals surface area (Å²) < 4.78 is 0. The van der Waals surface area contributed by atoms with E-state index in [2.05, 4.69) is 146 Å². The minimum atomic E-state index is -1.68. The summed E-state index contributed by atoms with van der Waals surface area (Å²) in [5.41, 5.74) is 9.89. The molecule has 0 atom stereocenters. The zero-order valence-corrected chi connectivity index (χ0v) is 23.4. The van der Waals surface area contributed by atoms with E-state index >= 15 is 0 Å². The average Bonchev–Trinajstić information content (AvgIpc) is 2.91. The number of hydrogen-bond donors (Lipinski definition) is 4. The van der Waals surface area contributed by atoms with Crippen LogP contribution in [0.5, 0.6) is 0 Å². The molecule has 5 heteroatoms. The van der Waals surface area contributed by atoms with Crippen LogP contribution in [0.15, 0.2) is 97.1 Å². The lowest BCUT2D eigenvalue weighted by Gasteiger charge is -2.30. The third-order valence-corrected chi connectivity index (χ3v) is 10.3. The van der Waals surface area contributed by atoms with Gasteiger partial charge in [-0.05, 0) is 74.2 Å². The number of hydrogen-bond acceptors (Lipinski definition) is 4. The molecule has 4 N–H and O–H groups in total. The van der Waals surface area contributed by atoms with Gasteiger partial charge in [-0.15, -0.1) is 0 Å². The molecule has 37 heavy (non-hydrogen) atoms. The topological polar surface area (TPSA) is 48.1 Å². The Hall–Kier alpha value is -3.49. The Kier molecular flexibility index (Phi) is 9.09. The van der Waals surface area contributed by atoms with Gasteiger partial charge in [-0.3, -0.25) is 0 Å². The minimum absolute atomic E-state index is 0.911. The second-order valence-corrected chi connectivity index (χ2v) is 13.9. The minimum Gasteiger partial charge on any atom is -0.353 e. The van der Waals surface area contributed by atoms with Crippen molar-refractivity contribution in [2.75, 3.05) is 46.4 Å². The van der Waals surface area contributed by atoms with Crippen LogP contribution in [-0.4, -0.2) is 25.1 Å². The van der Waals surface area contributed by atoms with Crippen molar-refractivity contribution in [2.24, 2.45) is 0 Å². The van der Waals surface area contributed by atoms with Crippen molar-refractivity contribution in [3.63, 3.8) is 0 Å². The Morgan fingerprint density at radius 3 is 0.811 bits per heavy atom. The van der Waals surface area contributed by atoms with E-state index in [0.29, 0.717) is 0 Å². The number of rotatable bonds is 12. The highest BCUT2D eigenvalue weighted by Crippen LogP contribution is 2.58. The lowest BCUT2D eigenvalue weighted by atomic mass is 10.2. The van der Waals surface area contributed by atoms with Crippen molar-refractivity contribution in [1.29, 1.82) is 0 Å². The van der Waals surface area contributed by atoms with Gasteiger partial charge in [0.1, 0.15) is 25.1 Å². The molecule has 4 aromatic rings.